The Morgan fingerprint density at radius 2 is 1.91 bits per heavy atom. The largest absolute Gasteiger partial charge is 0.456 e. The average molecular weight is 322 g/mol. The van der Waals surface area contributed by atoms with Crippen LogP contribution in [-0.4, -0.2) is 64.3 Å². The summed E-state index contributed by atoms with van der Waals surface area (Å²) >= 11 is 0. The van der Waals surface area contributed by atoms with E-state index in [0.29, 0.717) is 12.2 Å². The Morgan fingerprint density at radius 3 is 2.52 bits per heavy atom. The smallest absolute Gasteiger partial charge is 0.289 e. The van der Waals surface area contributed by atoms with Crippen LogP contribution in [0.1, 0.15) is 48.1 Å². The average Bonchev–Trinajstić information content (AvgIpc) is 3.15. The maximum absolute atomic E-state index is 12.6. The number of furan rings is 1. The van der Waals surface area contributed by atoms with Gasteiger partial charge < -0.3 is 19.5 Å². The van der Waals surface area contributed by atoms with Gasteiger partial charge in [-0.25, -0.2) is 0 Å². The third-order valence-corrected chi connectivity index (χ3v) is 4.71. The third-order valence-electron chi connectivity index (χ3n) is 4.71. The molecule has 0 unspecified atom stereocenters. The summed E-state index contributed by atoms with van der Waals surface area (Å²) in [6.45, 7) is 5.55. The van der Waals surface area contributed by atoms with Gasteiger partial charge in [0, 0.05) is 38.0 Å². The maximum atomic E-state index is 12.6. The zero-order chi connectivity index (χ0) is 16.4. The van der Waals surface area contributed by atoms with Gasteiger partial charge in [0.1, 0.15) is 5.76 Å². The van der Waals surface area contributed by atoms with Crippen molar-refractivity contribution >= 4 is 5.91 Å². The summed E-state index contributed by atoms with van der Waals surface area (Å²) in [7, 11) is 0. The van der Waals surface area contributed by atoms with E-state index in [1.54, 1.807) is 0 Å². The van der Waals surface area contributed by atoms with Gasteiger partial charge in [-0.2, -0.15) is 0 Å². The molecule has 0 aromatic carbocycles. The number of aliphatic hydroxyl groups excluding tert-OH is 2. The van der Waals surface area contributed by atoms with Crippen LogP contribution < -0.4 is 0 Å². The Balaban J connectivity index is 1.73. The molecule has 6 nitrogen and oxygen atoms in total. The third kappa shape index (κ3) is 3.76. The van der Waals surface area contributed by atoms with Crippen LogP contribution >= 0.6 is 0 Å². The fourth-order valence-corrected chi connectivity index (χ4v) is 3.55. The van der Waals surface area contributed by atoms with Crippen molar-refractivity contribution in [1.29, 1.82) is 0 Å². The van der Waals surface area contributed by atoms with Crippen molar-refractivity contribution in [3.63, 3.8) is 0 Å². The van der Waals surface area contributed by atoms with E-state index in [1.807, 2.05) is 13.0 Å². The van der Waals surface area contributed by atoms with E-state index in [1.165, 1.54) is 17.7 Å². The Hall–Kier alpha value is -1.37. The minimum absolute atomic E-state index is 0.245. The molecule has 0 bridgehead atoms. The van der Waals surface area contributed by atoms with Crippen LogP contribution in [0.3, 0.4) is 0 Å². The number of piperidine rings is 1. The molecule has 128 valence electrons. The molecule has 2 fully saturated rings. The van der Waals surface area contributed by atoms with Crippen molar-refractivity contribution < 1.29 is 19.4 Å². The predicted octanol–water partition coefficient (Wildman–Crippen LogP) is 1.01. The fourth-order valence-electron chi connectivity index (χ4n) is 3.55. The zero-order valence-corrected chi connectivity index (χ0v) is 13.7. The highest BCUT2D eigenvalue weighted by atomic mass is 16.4. The van der Waals surface area contributed by atoms with Crippen LogP contribution in [0.15, 0.2) is 10.5 Å². The van der Waals surface area contributed by atoms with E-state index in [4.69, 9.17) is 4.42 Å². The van der Waals surface area contributed by atoms with E-state index in [9.17, 15) is 15.0 Å². The second-order valence-corrected chi connectivity index (χ2v) is 6.65. The first-order valence-corrected chi connectivity index (χ1v) is 8.56. The number of carbonyl (C=O) groups is 1. The Morgan fingerprint density at radius 1 is 1.26 bits per heavy atom. The summed E-state index contributed by atoms with van der Waals surface area (Å²) in [6, 6.07) is 1.84. The van der Waals surface area contributed by atoms with Gasteiger partial charge in [-0.1, -0.05) is 6.92 Å². The number of aryl methyl sites for hydroxylation is 1. The van der Waals surface area contributed by atoms with Crippen LogP contribution in [-0.2, 0) is 13.0 Å². The molecule has 0 radical (unpaired) electrons. The number of rotatable bonds is 4. The van der Waals surface area contributed by atoms with Crippen molar-refractivity contribution in [2.75, 3.05) is 26.2 Å². The van der Waals surface area contributed by atoms with Crippen LogP contribution in [0.5, 0.6) is 0 Å². The van der Waals surface area contributed by atoms with E-state index in [2.05, 4.69) is 4.90 Å². The molecule has 1 aromatic heterocycles. The van der Waals surface area contributed by atoms with Crippen LogP contribution in [0.25, 0.3) is 0 Å². The number of hydrogen-bond donors (Lipinski definition) is 2. The zero-order valence-electron chi connectivity index (χ0n) is 13.7. The highest BCUT2D eigenvalue weighted by Crippen LogP contribution is 2.23. The van der Waals surface area contributed by atoms with Crippen LogP contribution in [0, 0.1) is 0 Å². The van der Waals surface area contributed by atoms with Crippen molar-refractivity contribution in [2.24, 2.45) is 0 Å². The van der Waals surface area contributed by atoms with E-state index in [0.717, 1.165) is 37.4 Å². The Kier molecular flexibility index (Phi) is 5.04. The van der Waals surface area contributed by atoms with Gasteiger partial charge in [0.2, 0.25) is 0 Å². The van der Waals surface area contributed by atoms with Crippen molar-refractivity contribution in [3.05, 3.63) is 23.2 Å². The number of likely N-dealkylation sites (tertiary alicyclic amines) is 2. The van der Waals surface area contributed by atoms with E-state index in [-0.39, 0.29) is 19.0 Å². The number of amides is 1. The Labute approximate surface area is 136 Å². The van der Waals surface area contributed by atoms with Gasteiger partial charge in [-0.15, -0.1) is 0 Å². The highest BCUT2D eigenvalue weighted by molar-refractivity contribution is 5.92. The first kappa shape index (κ1) is 16.5. The number of aliphatic hydroxyl groups is 2. The standard InChI is InChI=1S/C17H26N2O4/c1-2-15-12(9-18-5-3-4-6-18)7-16(23-15)17(22)19-10-13(20)8-14(21)11-19/h7,13-14,20-21H,2-6,8-11H2,1H3/t13-,14-/m1/s1. The summed E-state index contributed by atoms with van der Waals surface area (Å²) < 4.78 is 5.78. The lowest BCUT2D eigenvalue weighted by Crippen LogP contribution is -2.48. The van der Waals surface area contributed by atoms with E-state index < -0.39 is 12.2 Å². The van der Waals surface area contributed by atoms with Crippen molar-refractivity contribution in [3.8, 4) is 0 Å². The van der Waals surface area contributed by atoms with Gasteiger partial charge in [-0.05, 0) is 32.0 Å². The van der Waals surface area contributed by atoms with Crippen LogP contribution in [0.4, 0.5) is 0 Å². The van der Waals surface area contributed by atoms with E-state index >= 15 is 0 Å². The lowest BCUT2D eigenvalue weighted by atomic mass is 10.1. The molecule has 2 atom stereocenters. The Bertz CT molecular complexity index is 541. The molecule has 2 aliphatic rings. The molecule has 3 heterocycles. The normalized spacial score (nSPS) is 26.0. The molecule has 0 saturated carbocycles. The summed E-state index contributed by atoms with van der Waals surface area (Å²) in [4.78, 5) is 16.5. The quantitative estimate of drug-likeness (QED) is 0.865. The van der Waals surface area contributed by atoms with Gasteiger partial charge in [0.05, 0.1) is 12.2 Å². The summed E-state index contributed by atoms with van der Waals surface area (Å²) in [5.74, 6) is 0.931. The minimum Gasteiger partial charge on any atom is -0.456 e. The topological polar surface area (TPSA) is 77.2 Å². The summed E-state index contributed by atoms with van der Waals surface area (Å²) in [5, 5.41) is 19.5. The van der Waals surface area contributed by atoms with Gasteiger partial charge in [-0.3, -0.25) is 9.69 Å². The second-order valence-electron chi connectivity index (χ2n) is 6.65. The fraction of sp³-hybridized carbons (Fsp3) is 0.706. The van der Waals surface area contributed by atoms with Crippen LogP contribution in [0.2, 0.25) is 0 Å². The van der Waals surface area contributed by atoms with Crippen molar-refractivity contribution in [2.45, 2.75) is 51.4 Å². The molecule has 0 aliphatic carbocycles. The molecule has 23 heavy (non-hydrogen) atoms. The molecule has 3 rings (SSSR count). The lowest BCUT2D eigenvalue weighted by molar-refractivity contribution is -0.00509. The first-order valence-electron chi connectivity index (χ1n) is 8.56. The molecule has 1 amide bonds. The number of β-amino-alcohol motifs (C(OH)–C–C–N with tert-alkyl or cyclic N) is 2. The van der Waals surface area contributed by atoms with Gasteiger partial charge in [0.25, 0.3) is 5.91 Å². The molecular weight excluding hydrogens is 296 g/mol. The monoisotopic (exact) mass is 322 g/mol. The second kappa shape index (κ2) is 7.03. The number of carbonyl (C=O) groups excluding carboxylic acids is 1. The summed E-state index contributed by atoms with van der Waals surface area (Å²) in [6.07, 6.45) is 2.19. The maximum Gasteiger partial charge on any atom is 0.289 e. The predicted molar refractivity (Wildman–Crippen MR) is 85.1 cm³/mol. The number of nitrogens with zero attached hydrogens (tertiary/aromatic N) is 2. The molecule has 2 aliphatic heterocycles. The molecular formula is C17H26N2O4. The molecule has 0 spiro atoms. The molecule has 2 saturated heterocycles. The minimum atomic E-state index is -0.674. The van der Waals surface area contributed by atoms with Gasteiger partial charge >= 0.3 is 0 Å². The summed E-state index contributed by atoms with van der Waals surface area (Å²) in [5.41, 5.74) is 1.08. The first-order chi connectivity index (χ1) is 11.1. The molecule has 6 heteroatoms. The SMILES string of the molecule is CCc1oc(C(=O)N2C[C@H](O)C[C@@H](O)C2)cc1CN1CCCC1. The number of hydrogen-bond acceptors (Lipinski definition) is 5. The molecule has 2 N–H and O–H groups in total. The lowest BCUT2D eigenvalue weighted by Gasteiger charge is -2.32. The highest BCUT2D eigenvalue weighted by Gasteiger charge is 2.30. The van der Waals surface area contributed by atoms with Crippen molar-refractivity contribution in [1.82, 2.24) is 9.80 Å². The molecule has 1 aromatic rings. The van der Waals surface area contributed by atoms with Gasteiger partial charge in [0.15, 0.2) is 5.76 Å².